The van der Waals surface area contributed by atoms with Crippen LogP contribution in [0.4, 0.5) is 0 Å². The van der Waals surface area contributed by atoms with Gasteiger partial charge in [0.1, 0.15) is 29.1 Å². The van der Waals surface area contributed by atoms with Gasteiger partial charge in [0.05, 0.1) is 20.3 Å². The molecule has 0 spiro atoms. The Morgan fingerprint density at radius 1 is 0.903 bits per heavy atom. The minimum absolute atomic E-state index is 0.0222. The summed E-state index contributed by atoms with van der Waals surface area (Å²) in [6.45, 7) is 0.244. The molecule has 0 saturated carbocycles. The molecule has 7 heteroatoms. The predicted octanol–water partition coefficient (Wildman–Crippen LogP) is 4.89. The number of hydrogen-bond acceptors (Lipinski definition) is 7. The van der Waals surface area contributed by atoms with Crippen LogP contribution in [0.5, 0.6) is 34.7 Å². The molecular weight excluding hydrogens is 400 g/mol. The molecule has 7 nitrogen and oxygen atoms in total. The molecule has 0 saturated heterocycles. The van der Waals surface area contributed by atoms with Crippen LogP contribution in [0, 0.1) is 0 Å². The summed E-state index contributed by atoms with van der Waals surface area (Å²) in [7, 11) is 2.95. The Hall–Kier alpha value is -4.13. The van der Waals surface area contributed by atoms with E-state index in [1.807, 2.05) is 30.3 Å². The third kappa shape index (κ3) is 4.25. The zero-order valence-electron chi connectivity index (χ0n) is 17.0. The molecule has 0 radical (unpaired) electrons. The van der Waals surface area contributed by atoms with Gasteiger partial charge in [-0.15, -0.1) is 0 Å². The van der Waals surface area contributed by atoms with E-state index in [-0.39, 0.29) is 40.8 Å². The van der Waals surface area contributed by atoms with Crippen molar-refractivity contribution >= 4 is 11.0 Å². The molecule has 3 aromatic carbocycles. The number of phenols is 1. The molecule has 0 aliphatic heterocycles. The van der Waals surface area contributed by atoms with Gasteiger partial charge in [0.25, 0.3) is 5.95 Å². The van der Waals surface area contributed by atoms with Crippen LogP contribution >= 0.6 is 0 Å². The molecule has 0 bridgehead atoms. The summed E-state index contributed by atoms with van der Waals surface area (Å²) in [4.78, 5) is 12.7. The lowest BCUT2D eigenvalue weighted by molar-refractivity contribution is 0.277. The van der Waals surface area contributed by atoms with Crippen LogP contribution in [0.3, 0.4) is 0 Å². The lowest BCUT2D eigenvalue weighted by atomic mass is 10.1. The van der Waals surface area contributed by atoms with Crippen molar-refractivity contribution in [3.05, 3.63) is 82.5 Å². The van der Waals surface area contributed by atoms with E-state index in [1.54, 1.807) is 31.4 Å². The second-order valence-corrected chi connectivity index (χ2v) is 6.61. The van der Waals surface area contributed by atoms with E-state index < -0.39 is 5.43 Å². The molecule has 0 amide bonds. The van der Waals surface area contributed by atoms with E-state index >= 15 is 0 Å². The molecule has 0 fully saturated rings. The highest BCUT2D eigenvalue weighted by atomic mass is 16.6. The number of methoxy groups -OCH3 is 2. The summed E-state index contributed by atoms with van der Waals surface area (Å²) < 4.78 is 27.6. The van der Waals surface area contributed by atoms with Crippen molar-refractivity contribution in [2.45, 2.75) is 6.61 Å². The molecule has 0 aliphatic carbocycles. The molecule has 1 N–H and O–H groups in total. The first-order chi connectivity index (χ1) is 15.1. The van der Waals surface area contributed by atoms with Gasteiger partial charge in [-0.05, 0) is 29.8 Å². The van der Waals surface area contributed by atoms with Gasteiger partial charge < -0.3 is 28.5 Å². The van der Waals surface area contributed by atoms with Crippen molar-refractivity contribution < 1.29 is 28.5 Å². The van der Waals surface area contributed by atoms with Gasteiger partial charge in [-0.2, -0.15) is 0 Å². The summed E-state index contributed by atoms with van der Waals surface area (Å²) in [6.07, 6.45) is 0. The zero-order valence-corrected chi connectivity index (χ0v) is 17.0. The Morgan fingerprint density at radius 2 is 1.61 bits per heavy atom. The van der Waals surface area contributed by atoms with E-state index in [0.717, 1.165) is 11.6 Å². The zero-order chi connectivity index (χ0) is 21.8. The quantitative estimate of drug-likeness (QED) is 0.456. The maximum Gasteiger partial charge on any atom is 0.294 e. The van der Waals surface area contributed by atoms with Gasteiger partial charge >= 0.3 is 0 Å². The van der Waals surface area contributed by atoms with Crippen LogP contribution in [-0.4, -0.2) is 19.3 Å². The van der Waals surface area contributed by atoms with Crippen LogP contribution in [0.15, 0.2) is 75.9 Å². The van der Waals surface area contributed by atoms with Crippen molar-refractivity contribution in [1.82, 2.24) is 0 Å². The monoisotopic (exact) mass is 420 g/mol. The van der Waals surface area contributed by atoms with E-state index in [0.29, 0.717) is 11.5 Å². The second kappa shape index (κ2) is 8.71. The molecular formula is C24H20O7. The molecule has 1 heterocycles. The van der Waals surface area contributed by atoms with Crippen molar-refractivity contribution in [2.75, 3.05) is 14.2 Å². The summed E-state index contributed by atoms with van der Waals surface area (Å²) in [5.74, 6) is 1.04. The first-order valence-corrected chi connectivity index (χ1v) is 9.45. The van der Waals surface area contributed by atoms with E-state index in [9.17, 15) is 9.90 Å². The average Bonchev–Trinajstić information content (AvgIpc) is 2.78. The van der Waals surface area contributed by atoms with Gasteiger partial charge in [0.2, 0.25) is 11.2 Å². The van der Waals surface area contributed by atoms with Gasteiger partial charge in [-0.3, -0.25) is 4.79 Å². The highest BCUT2D eigenvalue weighted by Crippen LogP contribution is 2.42. The average molecular weight is 420 g/mol. The van der Waals surface area contributed by atoms with Crippen LogP contribution in [0.1, 0.15) is 5.56 Å². The Bertz CT molecular complexity index is 1250. The predicted molar refractivity (Wildman–Crippen MR) is 115 cm³/mol. The summed E-state index contributed by atoms with van der Waals surface area (Å²) >= 11 is 0. The van der Waals surface area contributed by atoms with Gasteiger partial charge in [-0.25, -0.2) is 0 Å². The molecule has 158 valence electrons. The number of rotatable bonds is 7. The third-order valence-corrected chi connectivity index (χ3v) is 4.61. The molecule has 0 unspecified atom stereocenters. The summed E-state index contributed by atoms with van der Waals surface area (Å²) in [6, 6.07) is 19.0. The fourth-order valence-corrected chi connectivity index (χ4v) is 3.09. The smallest absolute Gasteiger partial charge is 0.294 e. The van der Waals surface area contributed by atoms with Crippen LogP contribution in [0.25, 0.3) is 11.0 Å². The van der Waals surface area contributed by atoms with E-state index in [4.69, 9.17) is 23.4 Å². The lowest BCUT2D eigenvalue weighted by Crippen LogP contribution is -2.04. The minimum atomic E-state index is -0.477. The number of ether oxygens (including phenoxy) is 4. The maximum absolute atomic E-state index is 12.7. The molecule has 31 heavy (non-hydrogen) atoms. The van der Waals surface area contributed by atoms with Crippen molar-refractivity contribution in [3.8, 4) is 34.7 Å². The minimum Gasteiger partial charge on any atom is -0.504 e. The third-order valence-electron chi connectivity index (χ3n) is 4.61. The largest absolute Gasteiger partial charge is 0.504 e. The fraction of sp³-hybridized carbons (Fsp3) is 0.125. The summed E-state index contributed by atoms with van der Waals surface area (Å²) in [5.41, 5.74) is 0.565. The first-order valence-electron chi connectivity index (χ1n) is 9.45. The highest BCUT2D eigenvalue weighted by molar-refractivity contribution is 5.88. The number of benzene rings is 3. The first kappa shape index (κ1) is 20.2. The fourth-order valence-electron chi connectivity index (χ4n) is 3.09. The number of hydrogen-bond donors (Lipinski definition) is 1. The highest BCUT2D eigenvalue weighted by Gasteiger charge is 2.20. The molecule has 4 rings (SSSR count). The van der Waals surface area contributed by atoms with Crippen molar-refractivity contribution in [1.29, 1.82) is 0 Å². The SMILES string of the molecule is COc1ccc(Oc2cc(=O)c3c(O)c(OC)c(OCc4ccccc4)cc3o2)cc1. The standard InChI is InChI=1S/C24H20O7/c1-27-16-8-10-17(11-9-16)30-21-12-18(25)22-19(31-21)13-20(24(28-2)23(22)26)29-14-15-6-4-3-5-7-15/h3-13,26H,14H2,1-2H3. The van der Waals surface area contributed by atoms with Gasteiger partial charge in [0, 0.05) is 6.07 Å². The topological polar surface area (TPSA) is 87.4 Å². The molecule has 0 atom stereocenters. The van der Waals surface area contributed by atoms with Gasteiger partial charge in [-0.1, -0.05) is 30.3 Å². The number of fused-ring (bicyclic) bond motifs is 1. The van der Waals surface area contributed by atoms with Crippen molar-refractivity contribution in [3.63, 3.8) is 0 Å². The van der Waals surface area contributed by atoms with Crippen LogP contribution < -0.4 is 24.4 Å². The Labute approximate surface area is 178 Å². The lowest BCUT2D eigenvalue weighted by Gasteiger charge is -2.14. The Kier molecular flexibility index (Phi) is 5.66. The molecule has 1 aromatic heterocycles. The number of aromatic hydroxyl groups is 1. The maximum atomic E-state index is 12.7. The van der Waals surface area contributed by atoms with E-state index in [2.05, 4.69) is 0 Å². The molecule has 4 aromatic rings. The van der Waals surface area contributed by atoms with Gasteiger partial charge in [0.15, 0.2) is 11.5 Å². The normalized spacial score (nSPS) is 10.6. The second-order valence-electron chi connectivity index (χ2n) is 6.61. The number of phenolic OH excluding ortho intramolecular Hbond substituents is 1. The Morgan fingerprint density at radius 3 is 2.29 bits per heavy atom. The Balaban J connectivity index is 1.70. The molecule has 0 aliphatic rings. The van der Waals surface area contributed by atoms with Crippen LogP contribution in [-0.2, 0) is 6.61 Å². The van der Waals surface area contributed by atoms with Crippen LogP contribution in [0.2, 0.25) is 0 Å². The summed E-state index contributed by atoms with van der Waals surface area (Å²) in [5, 5.41) is 10.6. The van der Waals surface area contributed by atoms with Crippen molar-refractivity contribution in [2.24, 2.45) is 0 Å². The van der Waals surface area contributed by atoms with E-state index in [1.165, 1.54) is 13.2 Å².